The van der Waals surface area contributed by atoms with E-state index < -0.39 is 0 Å². The minimum atomic E-state index is 0.123. The number of hydrogen-bond acceptors (Lipinski definition) is 5. The molecule has 0 aromatic carbocycles. The molecule has 0 bridgehead atoms. The van der Waals surface area contributed by atoms with Crippen molar-refractivity contribution in [2.75, 3.05) is 26.7 Å². The van der Waals surface area contributed by atoms with Crippen molar-refractivity contribution in [2.24, 2.45) is 0 Å². The number of carbonyl (C=O) groups is 1. The summed E-state index contributed by atoms with van der Waals surface area (Å²) in [7, 11) is 2.00. The molecule has 0 saturated carbocycles. The Bertz CT molecular complexity index is 347. The van der Waals surface area contributed by atoms with Gasteiger partial charge in [0.1, 0.15) is 0 Å². The predicted octanol–water partition coefficient (Wildman–Crippen LogP) is 1.40. The van der Waals surface area contributed by atoms with E-state index in [-0.39, 0.29) is 5.78 Å². The van der Waals surface area contributed by atoms with Gasteiger partial charge in [-0.25, -0.2) is 4.98 Å². The molecule has 1 fully saturated rings. The Labute approximate surface area is 106 Å². The van der Waals surface area contributed by atoms with Crippen LogP contribution in [0.5, 0.6) is 0 Å². The average Bonchev–Trinajstić information content (AvgIpc) is 2.83. The molecule has 94 valence electrons. The van der Waals surface area contributed by atoms with Crippen LogP contribution in [0.4, 0.5) is 0 Å². The fourth-order valence-electron chi connectivity index (χ4n) is 2.19. The Kier molecular flexibility index (Phi) is 4.65. The summed E-state index contributed by atoms with van der Waals surface area (Å²) < 4.78 is 0. The maximum absolute atomic E-state index is 11.8. The molecule has 1 aromatic heterocycles. The zero-order valence-electron chi connectivity index (χ0n) is 10.2. The summed E-state index contributed by atoms with van der Waals surface area (Å²) >= 11 is 1.42. The Balaban J connectivity index is 1.76. The number of aromatic nitrogens is 1. The molecule has 0 aliphatic carbocycles. The quantitative estimate of drug-likeness (QED) is 0.806. The van der Waals surface area contributed by atoms with Gasteiger partial charge in [0.15, 0.2) is 5.01 Å². The van der Waals surface area contributed by atoms with Crippen LogP contribution < -0.4 is 5.32 Å². The lowest BCUT2D eigenvalue weighted by molar-refractivity contribution is 0.0938. The number of nitrogens with one attached hydrogen (secondary N) is 1. The van der Waals surface area contributed by atoms with E-state index in [1.165, 1.54) is 30.6 Å². The number of ketones is 1. The number of thiazole rings is 1. The van der Waals surface area contributed by atoms with Gasteiger partial charge in [0, 0.05) is 24.2 Å². The van der Waals surface area contributed by atoms with Gasteiger partial charge in [-0.05, 0) is 26.4 Å². The second-order valence-electron chi connectivity index (χ2n) is 4.60. The smallest absolute Gasteiger partial charge is 0.205 e. The minimum absolute atomic E-state index is 0.123. The Morgan fingerprint density at radius 1 is 1.65 bits per heavy atom. The molecule has 1 aromatic rings. The van der Waals surface area contributed by atoms with Crippen molar-refractivity contribution in [3.05, 3.63) is 16.6 Å². The largest absolute Gasteiger partial charge is 0.313 e. The highest BCUT2D eigenvalue weighted by Gasteiger charge is 2.17. The van der Waals surface area contributed by atoms with Crippen LogP contribution in [-0.2, 0) is 0 Å². The van der Waals surface area contributed by atoms with Crippen molar-refractivity contribution in [2.45, 2.75) is 25.3 Å². The number of hydrogen-bond donors (Lipinski definition) is 1. The first-order valence-electron chi connectivity index (χ1n) is 6.10. The van der Waals surface area contributed by atoms with Crippen LogP contribution >= 0.6 is 11.3 Å². The minimum Gasteiger partial charge on any atom is -0.313 e. The fourth-order valence-corrected chi connectivity index (χ4v) is 2.76. The van der Waals surface area contributed by atoms with E-state index in [9.17, 15) is 4.79 Å². The molecule has 1 atom stereocenters. The molecule has 1 aliphatic heterocycles. The molecule has 0 unspecified atom stereocenters. The van der Waals surface area contributed by atoms with Crippen molar-refractivity contribution >= 4 is 17.1 Å². The average molecular weight is 253 g/mol. The molecule has 17 heavy (non-hydrogen) atoms. The van der Waals surface area contributed by atoms with Crippen molar-refractivity contribution in [1.82, 2.24) is 15.2 Å². The summed E-state index contributed by atoms with van der Waals surface area (Å²) in [6.07, 6.45) is 5.47. The van der Waals surface area contributed by atoms with E-state index in [1.807, 2.05) is 12.4 Å². The monoisotopic (exact) mass is 253 g/mol. The van der Waals surface area contributed by atoms with Crippen molar-refractivity contribution in [1.29, 1.82) is 0 Å². The predicted molar refractivity (Wildman–Crippen MR) is 69.6 cm³/mol. The number of rotatable bonds is 5. The zero-order valence-corrected chi connectivity index (χ0v) is 11.0. The van der Waals surface area contributed by atoms with Gasteiger partial charge in [-0.1, -0.05) is 6.42 Å². The van der Waals surface area contributed by atoms with Gasteiger partial charge in [-0.15, -0.1) is 11.3 Å². The van der Waals surface area contributed by atoms with Crippen molar-refractivity contribution in [3.63, 3.8) is 0 Å². The van der Waals surface area contributed by atoms with Gasteiger partial charge < -0.3 is 5.32 Å². The van der Waals surface area contributed by atoms with Gasteiger partial charge in [-0.2, -0.15) is 0 Å². The third-order valence-corrected chi connectivity index (χ3v) is 3.84. The molecule has 1 N–H and O–H groups in total. The normalized spacial score (nSPS) is 20.7. The summed E-state index contributed by atoms with van der Waals surface area (Å²) in [5.74, 6) is 0.123. The van der Waals surface area contributed by atoms with Crippen LogP contribution in [0.25, 0.3) is 0 Å². The van der Waals surface area contributed by atoms with Crippen LogP contribution in [0.1, 0.15) is 29.1 Å². The zero-order chi connectivity index (χ0) is 12.1. The van der Waals surface area contributed by atoms with Crippen molar-refractivity contribution < 1.29 is 4.79 Å². The summed E-state index contributed by atoms with van der Waals surface area (Å²) in [5.41, 5.74) is 0. The molecule has 1 saturated heterocycles. The third-order valence-electron chi connectivity index (χ3n) is 3.03. The molecule has 1 aliphatic rings. The Morgan fingerprint density at radius 2 is 2.53 bits per heavy atom. The van der Waals surface area contributed by atoms with Crippen molar-refractivity contribution in [3.8, 4) is 0 Å². The van der Waals surface area contributed by atoms with Gasteiger partial charge in [0.05, 0.1) is 6.54 Å². The molecule has 5 heteroatoms. The van der Waals surface area contributed by atoms with Gasteiger partial charge in [-0.3, -0.25) is 9.69 Å². The Morgan fingerprint density at radius 3 is 3.18 bits per heavy atom. The molecule has 2 rings (SSSR count). The van der Waals surface area contributed by atoms with E-state index in [0.29, 0.717) is 17.6 Å². The van der Waals surface area contributed by atoms with E-state index in [0.717, 1.165) is 13.1 Å². The second-order valence-corrected chi connectivity index (χ2v) is 5.50. The first kappa shape index (κ1) is 12.7. The third kappa shape index (κ3) is 3.87. The van der Waals surface area contributed by atoms with Gasteiger partial charge in [0.2, 0.25) is 5.78 Å². The number of likely N-dealkylation sites (N-methyl/N-ethyl adjacent to an activating group) is 1. The molecular formula is C12H19N3OS. The number of piperidine rings is 1. The lowest BCUT2D eigenvalue weighted by Crippen LogP contribution is -2.43. The van der Waals surface area contributed by atoms with Crippen LogP contribution in [0.15, 0.2) is 11.6 Å². The van der Waals surface area contributed by atoms with Crippen LogP contribution in [0, 0.1) is 0 Å². The summed E-state index contributed by atoms with van der Waals surface area (Å²) in [4.78, 5) is 18.0. The highest BCUT2D eigenvalue weighted by molar-refractivity contribution is 7.11. The van der Waals surface area contributed by atoms with Gasteiger partial charge >= 0.3 is 0 Å². The molecule has 4 nitrogen and oxygen atoms in total. The van der Waals surface area contributed by atoms with Crippen LogP contribution in [0.3, 0.4) is 0 Å². The summed E-state index contributed by atoms with van der Waals surface area (Å²) in [6, 6.07) is 0.540. The maximum Gasteiger partial charge on any atom is 0.205 e. The SMILES string of the molecule is CN(CC(=O)c1nccs1)C[C@@H]1CCCCN1. The van der Waals surface area contributed by atoms with Crippen LogP contribution in [-0.4, -0.2) is 48.4 Å². The number of Topliss-reactive ketones (excluding diaryl/α,β-unsaturated/α-hetero) is 1. The summed E-state index contributed by atoms with van der Waals surface area (Å²) in [6.45, 7) is 2.52. The number of carbonyl (C=O) groups excluding carboxylic acids is 1. The first-order valence-corrected chi connectivity index (χ1v) is 6.98. The van der Waals surface area contributed by atoms with Crippen LogP contribution in [0.2, 0.25) is 0 Å². The topological polar surface area (TPSA) is 45.2 Å². The van der Waals surface area contributed by atoms with Gasteiger partial charge in [0.25, 0.3) is 0 Å². The lowest BCUT2D eigenvalue weighted by Gasteiger charge is -2.27. The van der Waals surface area contributed by atoms with E-state index in [2.05, 4.69) is 15.2 Å². The molecule has 0 amide bonds. The highest BCUT2D eigenvalue weighted by Crippen LogP contribution is 2.09. The fraction of sp³-hybridized carbons (Fsp3) is 0.667. The standard InChI is InChI=1S/C12H19N3OS/c1-15(8-10-4-2-3-5-13-10)9-11(16)12-14-6-7-17-12/h6-7,10,13H,2-5,8-9H2,1H3/t10-/m0/s1. The lowest BCUT2D eigenvalue weighted by atomic mass is 10.0. The molecular weight excluding hydrogens is 234 g/mol. The molecule has 0 spiro atoms. The second kappa shape index (κ2) is 6.23. The van der Waals surface area contributed by atoms with E-state index in [1.54, 1.807) is 6.20 Å². The Hall–Kier alpha value is -0.780. The molecule has 0 radical (unpaired) electrons. The summed E-state index contributed by atoms with van der Waals surface area (Å²) in [5, 5.41) is 5.95. The van der Waals surface area contributed by atoms with E-state index >= 15 is 0 Å². The maximum atomic E-state index is 11.8. The molecule has 2 heterocycles. The number of nitrogens with zero attached hydrogens (tertiary/aromatic N) is 2. The van der Waals surface area contributed by atoms with E-state index in [4.69, 9.17) is 0 Å². The first-order chi connectivity index (χ1) is 8.25. The highest BCUT2D eigenvalue weighted by atomic mass is 32.1.